The minimum absolute atomic E-state index is 0.592. The van der Waals surface area contributed by atoms with E-state index in [9.17, 15) is 0 Å². The summed E-state index contributed by atoms with van der Waals surface area (Å²) >= 11 is 5.05. The van der Waals surface area contributed by atoms with Crippen LogP contribution in [0.1, 0.15) is 10.4 Å². The van der Waals surface area contributed by atoms with Gasteiger partial charge in [-0.2, -0.15) is 0 Å². The summed E-state index contributed by atoms with van der Waals surface area (Å²) in [4.78, 5) is 5.14. The molecule has 0 bridgehead atoms. The van der Waals surface area contributed by atoms with Crippen molar-refractivity contribution in [2.75, 3.05) is 0 Å². The third-order valence-electron chi connectivity index (χ3n) is 1.97. The van der Waals surface area contributed by atoms with Gasteiger partial charge in [0.1, 0.15) is 12.4 Å². The van der Waals surface area contributed by atoms with Gasteiger partial charge in [-0.3, -0.25) is 4.98 Å². The first kappa shape index (κ1) is 10.6. The minimum Gasteiger partial charge on any atom is -0.488 e. The fourth-order valence-electron chi connectivity index (χ4n) is 1.22. The molecule has 0 aliphatic heterocycles. The Labute approximate surface area is 101 Å². The smallest absolute Gasteiger partial charge is 0.124 e. The summed E-state index contributed by atoms with van der Waals surface area (Å²) in [5.41, 5.74) is 2.98. The Morgan fingerprint density at radius 3 is 2.93 bits per heavy atom. The maximum absolute atomic E-state index is 5.71. The molecule has 0 aliphatic carbocycles. The van der Waals surface area contributed by atoms with Crippen molar-refractivity contribution < 1.29 is 4.74 Å². The van der Waals surface area contributed by atoms with E-state index in [0.29, 0.717) is 6.61 Å². The molecule has 4 heteroatoms. The molecule has 0 amide bonds. The minimum atomic E-state index is 0.592. The summed E-state index contributed by atoms with van der Waals surface area (Å²) in [5.74, 6) is 0.933. The largest absolute Gasteiger partial charge is 0.488 e. The van der Waals surface area contributed by atoms with Gasteiger partial charge in [-0.25, -0.2) is 0 Å². The normalized spacial score (nSPS) is 10.2. The van der Waals surface area contributed by atoms with Gasteiger partial charge in [0, 0.05) is 17.1 Å². The van der Waals surface area contributed by atoms with E-state index < -0.39 is 0 Å². The molecule has 0 saturated carbocycles. The van der Waals surface area contributed by atoms with Crippen LogP contribution in [-0.4, -0.2) is 4.98 Å². The van der Waals surface area contributed by atoms with E-state index in [4.69, 9.17) is 4.74 Å². The van der Waals surface area contributed by atoms with Crippen molar-refractivity contribution in [3.8, 4) is 5.75 Å². The number of alkyl halides is 1. The molecule has 2 aromatic rings. The van der Waals surface area contributed by atoms with Crippen LogP contribution < -0.4 is 4.74 Å². The lowest BCUT2D eigenvalue weighted by atomic mass is 10.2. The van der Waals surface area contributed by atoms with E-state index in [0.717, 1.165) is 16.0 Å². The predicted octanol–water partition coefficient (Wildman–Crippen LogP) is 3.62. The Bertz CT molecular complexity index is 416. The molecule has 2 nitrogen and oxygen atoms in total. The average molecular weight is 284 g/mol. The molecule has 0 N–H and O–H groups in total. The Kier molecular flexibility index (Phi) is 3.75. The van der Waals surface area contributed by atoms with Gasteiger partial charge < -0.3 is 4.74 Å². The Morgan fingerprint density at radius 1 is 1.33 bits per heavy atom. The van der Waals surface area contributed by atoms with Crippen molar-refractivity contribution in [1.29, 1.82) is 0 Å². The SMILES string of the molecule is BrCc1ccccc1OCc1cncs1. The number of thiazole rings is 1. The highest BCUT2D eigenvalue weighted by molar-refractivity contribution is 9.08. The number of hydrogen-bond donors (Lipinski definition) is 0. The van der Waals surface area contributed by atoms with E-state index in [2.05, 4.69) is 27.0 Å². The first-order chi connectivity index (χ1) is 7.40. The van der Waals surface area contributed by atoms with Crippen LogP contribution in [0.15, 0.2) is 36.0 Å². The van der Waals surface area contributed by atoms with Crippen LogP contribution in [0, 0.1) is 0 Å². The van der Waals surface area contributed by atoms with Crippen molar-refractivity contribution in [1.82, 2.24) is 4.98 Å². The van der Waals surface area contributed by atoms with Crippen molar-refractivity contribution in [2.24, 2.45) is 0 Å². The van der Waals surface area contributed by atoms with Crippen LogP contribution in [0.3, 0.4) is 0 Å². The second kappa shape index (κ2) is 5.28. The molecule has 0 fully saturated rings. The van der Waals surface area contributed by atoms with Gasteiger partial charge in [0.25, 0.3) is 0 Å². The van der Waals surface area contributed by atoms with Gasteiger partial charge in [0.05, 0.1) is 10.4 Å². The predicted molar refractivity (Wildman–Crippen MR) is 65.5 cm³/mol. The first-order valence-corrected chi connectivity index (χ1v) is 6.54. The van der Waals surface area contributed by atoms with E-state index in [1.807, 2.05) is 29.9 Å². The number of nitrogens with zero attached hydrogens (tertiary/aromatic N) is 1. The van der Waals surface area contributed by atoms with E-state index in [1.165, 1.54) is 5.56 Å². The third kappa shape index (κ3) is 2.79. The fourth-order valence-corrected chi connectivity index (χ4v) is 2.19. The summed E-state index contributed by atoms with van der Waals surface area (Å²) in [6, 6.07) is 8.03. The van der Waals surface area contributed by atoms with Crippen molar-refractivity contribution >= 4 is 27.3 Å². The maximum Gasteiger partial charge on any atom is 0.124 e. The van der Waals surface area contributed by atoms with Gasteiger partial charge in [-0.05, 0) is 6.07 Å². The number of para-hydroxylation sites is 1. The molecule has 1 heterocycles. The molecule has 1 aromatic heterocycles. The van der Waals surface area contributed by atoms with Gasteiger partial charge in [0.2, 0.25) is 0 Å². The second-order valence-electron chi connectivity index (χ2n) is 3.00. The van der Waals surface area contributed by atoms with E-state index in [1.54, 1.807) is 11.3 Å². The summed E-state index contributed by atoms with van der Waals surface area (Å²) in [6.45, 7) is 0.592. The number of rotatable bonds is 4. The first-order valence-electron chi connectivity index (χ1n) is 4.54. The van der Waals surface area contributed by atoms with Gasteiger partial charge in [-0.15, -0.1) is 11.3 Å². The van der Waals surface area contributed by atoms with Crippen LogP contribution in [0.4, 0.5) is 0 Å². The van der Waals surface area contributed by atoms with Gasteiger partial charge >= 0.3 is 0 Å². The van der Waals surface area contributed by atoms with Crippen molar-refractivity contribution in [3.05, 3.63) is 46.4 Å². The zero-order chi connectivity index (χ0) is 10.5. The molecule has 0 radical (unpaired) electrons. The molecule has 2 rings (SSSR count). The van der Waals surface area contributed by atoms with Crippen molar-refractivity contribution in [2.45, 2.75) is 11.9 Å². The number of halogens is 1. The lowest BCUT2D eigenvalue weighted by Gasteiger charge is -2.08. The summed E-state index contributed by atoms with van der Waals surface area (Å²) in [5, 5.41) is 0.811. The molecule has 0 spiro atoms. The van der Waals surface area contributed by atoms with Crippen LogP contribution in [0.5, 0.6) is 5.75 Å². The van der Waals surface area contributed by atoms with E-state index >= 15 is 0 Å². The standard InChI is InChI=1S/C11H10BrNOS/c12-5-9-3-1-2-4-11(9)14-7-10-6-13-8-15-10/h1-4,6,8H,5,7H2. The molecule has 1 aromatic carbocycles. The summed E-state index contributed by atoms with van der Waals surface area (Å²) in [7, 11) is 0. The quantitative estimate of drug-likeness (QED) is 0.800. The lowest BCUT2D eigenvalue weighted by Crippen LogP contribution is -1.95. The van der Waals surface area contributed by atoms with Crippen LogP contribution in [0.25, 0.3) is 0 Å². The topological polar surface area (TPSA) is 22.1 Å². The number of benzene rings is 1. The number of aromatic nitrogens is 1. The molecule has 0 aliphatic rings. The molecule has 78 valence electrons. The zero-order valence-corrected chi connectivity index (χ0v) is 10.4. The van der Waals surface area contributed by atoms with Crippen molar-refractivity contribution in [3.63, 3.8) is 0 Å². The van der Waals surface area contributed by atoms with E-state index in [-0.39, 0.29) is 0 Å². The number of ether oxygens (including phenoxy) is 1. The lowest BCUT2D eigenvalue weighted by molar-refractivity contribution is 0.307. The fraction of sp³-hybridized carbons (Fsp3) is 0.182. The molecular weight excluding hydrogens is 274 g/mol. The average Bonchev–Trinajstić information content (AvgIpc) is 2.79. The molecule has 0 atom stereocenters. The third-order valence-corrected chi connectivity index (χ3v) is 3.33. The molecule has 0 unspecified atom stereocenters. The van der Waals surface area contributed by atoms with Crippen LogP contribution in [-0.2, 0) is 11.9 Å². The second-order valence-corrected chi connectivity index (χ2v) is 4.53. The Hall–Kier alpha value is -0.870. The van der Waals surface area contributed by atoms with Crippen LogP contribution in [0.2, 0.25) is 0 Å². The summed E-state index contributed by atoms with van der Waals surface area (Å²) in [6.07, 6.45) is 1.83. The Balaban J connectivity index is 2.04. The zero-order valence-electron chi connectivity index (χ0n) is 8.02. The van der Waals surface area contributed by atoms with Crippen LogP contribution >= 0.6 is 27.3 Å². The molecule has 15 heavy (non-hydrogen) atoms. The highest BCUT2D eigenvalue weighted by atomic mass is 79.9. The maximum atomic E-state index is 5.71. The highest BCUT2D eigenvalue weighted by Gasteiger charge is 2.02. The van der Waals surface area contributed by atoms with Gasteiger partial charge in [0.15, 0.2) is 0 Å². The van der Waals surface area contributed by atoms with Gasteiger partial charge in [-0.1, -0.05) is 34.1 Å². The Morgan fingerprint density at radius 2 is 2.20 bits per heavy atom. The highest BCUT2D eigenvalue weighted by Crippen LogP contribution is 2.22. The monoisotopic (exact) mass is 283 g/mol. The molecular formula is C11H10BrNOS. The number of hydrogen-bond acceptors (Lipinski definition) is 3. The summed E-state index contributed by atoms with van der Waals surface area (Å²) < 4.78 is 5.71. The molecule has 0 saturated heterocycles.